The van der Waals surface area contributed by atoms with Gasteiger partial charge in [-0.25, -0.2) is 0 Å². The van der Waals surface area contributed by atoms with E-state index in [9.17, 15) is 0 Å². The summed E-state index contributed by atoms with van der Waals surface area (Å²) in [5.41, 5.74) is 3.38. The molecule has 2 nitrogen and oxygen atoms in total. The first-order chi connectivity index (χ1) is 9.60. The van der Waals surface area contributed by atoms with Gasteiger partial charge in [-0.15, -0.1) is 0 Å². The van der Waals surface area contributed by atoms with Crippen LogP contribution in [0.5, 0.6) is 5.75 Å². The highest BCUT2D eigenvalue weighted by atomic mass is 35.5. The summed E-state index contributed by atoms with van der Waals surface area (Å²) in [6.45, 7) is 4.81. The topological polar surface area (TPSA) is 21.3 Å². The summed E-state index contributed by atoms with van der Waals surface area (Å²) >= 11 is 6.20. The Morgan fingerprint density at radius 3 is 2.55 bits per heavy atom. The highest BCUT2D eigenvalue weighted by molar-refractivity contribution is 6.31. The van der Waals surface area contributed by atoms with Crippen molar-refractivity contribution in [3.05, 3.63) is 53.1 Å². The molecule has 106 valence electrons. The molecule has 2 rings (SSSR count). The smallest absolute Gasteiger partial charge is 0.120 e. The number of rotatable bonds is 5. The molecule has 0 radical (unpaired) electrons. The second-order valence-corrected chi connectivity index (χ2v) is 5.44. The van der Waals surface area contributed by atoms with E-state index >= 15 is 0 Å². The lowest BCUT2D eigenvalue weighted by molar-refractivity contribution is 0.242. The van der Waals surface area contributed by atoms with E-state index < -0.39 is 0 Å². The van der Waals surface area contributed by atoms with Crippen molar-refractivity contribution in [1.82, 2.24) is 5.32 Å². The molecule has 1 N–H and O–H groups in total. The predicted octanol–water partition coefficient (Wildman–Crippen LogP) is 4.51. The third-order valence-electron chi connectivity index (χ3n) is 2.95. The van der Waals surface area contributed by atoms with Crippen LogP contribution >= 0.6 is 11.6 Å². The van der Waals surface area contributed by atoms with Crippen molar-refractivity contribution in [2.24, 2.45) is 0 Å². The fraction of sp³-hybridized carbons (Fsp3) is 0.294. The maximum absolute atomic E-state index is 6.20. The van der Waals surface area contributed by atoms with Crippen molar-refractivity contribution in [3.63, 3.8) is 0 Å². The Bertz CT molecular complexity index is 581. The van der Waals surface area contributed by atoms with Crippen LogP contribution < -0.4 is 10.1 Å². The second-order valence-electron chi connectivity index (χ2n) is 5.03. The Hall–Kier alpha value is -1.51. The number of hydrogen-bond acceptors (Lipinski definition) is 2. The molecule has 0 aliphatic heterocycles. The van der Waals surface area contributed by atoms with Crippen LogP contribution in [-0.4, -0.2) is 13.2 Å². The van der Waals surface area contributed by atoms with Gasteiger partial charge in [-0.05, 0) is 61.9 Å². The van der Waals surface area contributed by atoms with Crippen LogP contribution in [0.1, 0.15) is 19.4 Å². The average molecular weight is 290 g/mol. The molecule has 0 saturated carbocycles. The molecule has 0 atom stereocenters. The monoisotopic (exact) mass is 289 g/mol. The molecule has 2 aromatic carbocycles. The van der Waals surface area contributed by atoms with Crippen LogP contribution in [0.3, 0.4) is 0 Å². The molecule has 0 heterocycles. The van der Waals surface area contributed by atoms with E-state index in [1.54, 1.807) is 0 Å². The lowest BCUT2D eigenvalue weighted by atomic mass is 10.0. The minimum absolute atomic E-state index is 0.176. The van der Waals surface area contributed by atoms with Crippen molar-refractivity contribution in [2.45, 2.75) is 26.5 Å². The summed E-state index contributed by atoms with van der Waals surface area (Å²) in [5.74, 6) is 0.891. The van der Waals surface area contributed by atoms with Crippen molar-refractivity contribution in [2.75, 3.05) is 7.05 Å². The summed E-state index contributed by atoms with van der Waals surface area (Å²) in [5, 5.41) is 3.92. The summed E-state index contributed by atoms with van der Waals surface area (Å²) in [7, 11) is 1.92. The second kappa shape index (κ2) is 6.78. The molecule has 20 heavy (non-hydrogen) atoms. The number of benzene rings is 2. The van der Waals surface area contributed by atoms with Crippen LogP contribution in [0, 0.1) is 0 Å². The van der Waals surface area contributed by atoms with Crippen LogP contribution in [0.2, 0.25) is 5.02 Å². The molecule has 0 aromatic heterocycles. The summed E-state index contributed by atoms with van der Waals surface area (Å²) in [6, 6.07) is 14.2. The van der Waals surface area contributed by atoms with Crippen LogP contribution in [0.4, 0.5) is 0 Å². The first-order valence-electron chi connectivity index (χ1n) is 6.80. The molecule has 2 aromatic rings. The third kappa shape index (κ3) is 3.75. The highest BCUT2D eigenvalue weighted by Gasteiger charge is 2.05. The molecular weight excluding hydrogens is 270 g/mol. The largest absolute Gasteiger partial charge is 0.491 e. The lowest BCUT2D eigenvalue weighted by Crippen LogP contribution is -2.06. The molecule has 0 aliphatic rings. The first-order valence-corrected chi connectivity index (χ1v) is 7.18. The number of hydrogen-bond donors (Lipinski definition) is 1. The molecule has 0 unspecified atom stereocenters. The van der Waals surface area contributed by atoms with Gasteiger partial charge in [0.25, 0.3) is 0 Å². The molecule has 0 bridgehead atoms. The fourth-order valence-corrected chi connectivity index (χ4v) is 2.29. The van der Waals surface area contributed by atoms with Gasteiger partial charge in [-0.1, -0.05) is 29.8 Å². The molecule has 0 saturated heterocycles. The van der Waals surface area contributed by atoms with Gasteiger partial charge in [0, 0.05) is 11.6 Å². The standard InChI is InChI=1S/C17H20ClNO/c1-12(2)20-16-6-4-5-13(10-16)14-7-8-17(18)15(9-14)11-19-3/h4-10,12,19H,11H2,1-3H3. The fourth-order valence-electron chi connectivity index (χ4n) is 2.10. The normalized spacial score (nSPS) is 10.8. The Kier molecular flexibility index (Phi) is 5.05. The minimum atomic E-state index is 0.176. The Morgan fingerprint density at radius 2 is 1.85 bits per heavy atom. The summed E-state index contributed by atoms with van der Waals surface area (Å²) < 4.78 is 5.74. The number of nitrogens with one attached hydrogen (secondary N) is 1. The van der Waals surface area contributed by atoms with E-state index in [0.29, 0.717) is 0 Å². The summed E-state index contributed by atoms with van der Waals surface area (Å²) in [4.78, 5) is 0. The Labute approximate surface area is 125 Å². The van der Waals surface area contributed by atoms with Crippen LogP contribution in [-0.2, 0) is 6.54 Å². The van der Waals surface area contributed by atoms with Crippen LogP contribution in [0.15, 0.2) is 42.5 Å². The zero-order valence-corrected chi connectivity index (χ0v) is 12.9. The van der Waals surface area contributed by atoms with Gasteiger partial charge < -0.3 is 10.1 Å². The van der Waals surface area contributed by atoms with Crippen molar-refractivity contribution >= 4 is 11.6 Å². The van der Waals surface area contributed by atoms with Crippen molar-refractivity contribution in [1.29, 1.82) is 0 Å². The zero-order valence-electron chi connectivity index (χ0n) is 12.1. The molecule has 0 fully saturated rings. The van der Waals surface area contributed by atoms with Gasteiger partial charge in [-0.3, -0.25) is 0 Å². The third-order valence-corrected chi connectivity index (χ3v) is 3.32. The SMILES string of the molecule is CNCc1cc(-c2cccc(OC(C)C)c2)ccc1Cl. The number of halogens is 1. The van der Waals surface area contributed by atoms with Gasteiger partial charge in [0.15, 0.2) is 0 Å². The highest BCUT2D eigenvalue weighted by Crippen LogP contribution is 2.28. The van der Waals surface area contributed by atoms with E-state index in [-0.39, 0.29) is 6.10 Å². The molecular formula is C17H20ClNO. The van der Waals surface area contributed by atoms with Gasteiger partial charge in [0.1, 0.15) is 5.75 Å². The molecule has 0 spiro atoms. The lowest BCUT2D eigenvalue weighted by Gasteiger charge is -2.12. The van der Waals surface area contributed by atoms with E-state index in [4.69, 9.17) is 16.3 Å². The number of ether oxygens (including phenoxy) is 1. The van der Waals surface area contributed by atoms with Crippen LogP contribution in [0.25, 0.3) is 11.1 Å². The Balaban J connectivity index is 2.33. The van der Waals surface area contributed by atoms with Gasteiger partial charge >= 0.3 is 0 Å². The van der Waals surface area contributed by atoms with Crippen molar-refractivity contribution in [3.8, 4) is 16.9 Å². The summed E-state index contributed by atoms with van der Waals surface area (Å²) in [6.07, 6.45) is 0.176. The van der Waals surface area contributed by atoms with Gasteiger partial charge in [0.05, 0.1) is 6.10 Å². The molecule has 0 aliphatic carbocycles. The van der Waals surface area contributed by atoms with E-state index in [1.165, 1.54) is 0 Å². The van der Waals surface area contributed by atoms with Gasteiger partial charge in [-0.2, -0.15) is 0 Å². The first kappa shape index (κ1) is 14.9. The maximum Gasteiger partial charge on any atom is 0.120 e. The van der Waals surface area contributed by atoms with E-state index in [0.717, 1.165) is 34.0 Å². The Morgan fingerprint density at radius 1 is 1.10 bits per heavy atom. The molecule has 3 heteroatoms. The maximum atomic E-state index is 6.20. The predicted molar refractivity (Wildman–Crippen MR) is 85.4 cm³/mol. The van der Waals surface area contributed by atoms with Crippen molar-refractivity contribution < 1.29 is 4.74 Å². The quantitative estimate of drug-likeness (QED) is 0.874. The minimum Gasteiger partial charge on any atom is -0.491 e. The average Bonchev–Trinajstić information content (AvgIpc) is 2.41. The zero-order chi connectivity index (χ0) is 14.5. The van der Waals surface area contributed by atoms with Gasteiger partial charge in [0.2, 0.25) is 0 Å². The molecule has 0 amide bonds. The van der Waals surface area contributed by atoms with E-state index in [1.807, 2.05) is 45.2 Å². The van der Waals surface area contributed by atoms with E-state index in [2.05, 4.69) is 23.5 Å².